The Morgan fingerprint density at radius 2 is 1.11 bits per heavy atom. The number of benzene rings is 8. The number of hydrogen-bond acceptors (Lipinski definition) is 3. The fourth-order valence-electron chi connectivity index (χ4n) is 9.26. The summed E-state index contributed by atoms with van der Waals surface area (Å²) in [5.41, 5.74) is 13.3. The number of nitrogens with zero attached hydrogens (tertiary/aromatic N) is 2. The number of hydrogen-bond donors (Lipinski definition) is 2. The molecule has 0 bridgehead atoms. The minimum Gasteiger partial charge on any atom is -0.455 e. The van der Waals surface area contributed by atoms with E-state index in [-0.39, 0.29) is 12.2 Å². The van der Waals surface area contributed by atoms with E-state index in [0.29, 0.717) is 0 Å². The third-order valence-corrected chi connectivity index (χ3v) is 11.8. The molecule has 0 radical (unpaired) electrons. The molecule has 8 aromatic carbocycles. The van der Waals surface area contributed by atoms with Crippen LogP contribution in [0.25, 0.3) is 82.6 Å². The van der Waals surface area contributed by atoms with Crippen molar-refractivity contribution in [1.82, 2.24) is 19.8 Å². The van der Waals surface area contributed by atoms with Crippen LogP contribution in [0.2, 0.25) is 0 Å². The molecule has 0 aliphatic carbocycles. The summed E-state index contributed by atoms with van der Waals surface area (Å²) in [6.07, 6.45) is 2.18. The predicted molar refractivity (Wildman–Crippen MR) is 235 cm³/mol. The van der Waals surface area contributed by atoms with Crippen LogP contribution in [0.5, 0.6) is 0 Å². The lowest BCUT2D eigenvalue weighted by molar-refractivity contribution is 0.442. The Bertz CT molecular complexity index is 3360. The summed E-state index contributed by atoms with van der Waals surface area (Å²) >= 11 is 0. The molecule has 270 valence electrons. The van der Waals surface area contributed by atoms with Gasteiger partial charge in [0.05, 0.1) is 33.5 Å². The molecule has 5 nitrogen and oxygen atoms in total. The fourth-order valence-corrected chi connectivity index (χ4v) is 9.26. The van der Waals surface area contributed by atoms with Gasteiger partial charge >= 0.3 is 0 Å². The van der Waals surface area contributed by atoms with Gasteiger partial charge in [-0.15, -0.1) is 0 Å². The van der Waals surface area contributed by atoms with Crippen LogP contribution in [0, 0.1) is 0 Å². The van der Waals surface area contributed by atoms with Crippen LogP contribution in [-0.2, 0) is 0 Å². The molecule has 11 aromatic rings. The third kappa shape index (κ3) is 4.93. The molecule has 2 atom stereocenters. The quantitative estimate of drug-likeness (QED) is 0.185. The number of rotatable bonds is 5. The van der Waals surface area contributed by atoms with Gasteiger partial charge in [0.25, 0.3) is 0 Å². The number of furan rings is 1. The first-order valence-corrected chi connectivity index (χ1v) is 19.6. The van der Waals surface area contributed by atoms with Crippen molar-refractivity contribution in [1.29, 1.82) is 0 Å². The van der Waals surface area contributed by atoms with Crippen LogP contribution < -0.4 is 10.6 Å². The molecule has 3 aromatic heterocycles. The van der Waals surface area contributed by atoms with Gasteiger partial charge in [-0.3, -0.25) is 5.32 Å². The summed E-state index contributed by atoms with van der Waals surface area (Å²) in [5, 5.41) is 14.8. The second kappa shape index (κ2) is 12.6. The number of aromatic nitrogens is 2. The fraction of sp³-hybridized carbons (Fsp3) is 0.0385. The molecule has 0 saturated carbocycles. The highest BCUT2D eigenvalue weighted by Crippen LogP contribution is 2.45. The highest BCUT2D eigenvalue weighted by molar-refractivity contribution is 6.30. The second-order valence-corrected chi connectivity index (χ2v) is 15.0. The summed E-state index contributed by atoms with van der Waals surface area (Å²) < 4.78 is 11.6. The molecule has 12 rings (SSSR count). The summed E-state index contributed by atoms with van der Waals surface area (Å²) in [6, 6.07) is 67.3. The zero-order valence-corrected chi connectivity index (χ0v) is 30.9. The van der Waals surface area contributed by atoms with Crippen molar-refractivity contribution < 1.29 is 4.42 Å². The van der Waals surface area contributed by atoms with Crippen LogP contribution in [-0.4, -0.2) is 9.13 Å². The van der Waals surface area contributed by atoms with E-state index in [9.17, 15) is 0 Å². The van der Waals surface area contributed by atoms with E-state index >= 15 is 0 Å². The summed E-state index contributed by atoms with van der Waals surface area (Å²) in [7, 11) is 0. The average molecular weight is 733 g/mol. The van der Waals surface area contributed by atoms with Crippen LogP contribution in [0.1, 0.15) is 28.9 Å². The molecule has 1 aliphatic rings. The second-order valence-electron chi connectivity index (χ2n) is 15.0. The standard InChI is InChI=1S/C52H36N4O/c1-4-15-33(16-5-1)42-32-43(34-17-6-2-7-18-34)54-52(53-42)35-19-14-22-37(31-35)55-44-25-12-10-24-40(44)48-45(55)30-28-41-49-46(56(50(41)48)36-20-8-3-9-21-36)29-27-39-38-23-11-13-26-47(38)57-51(39)49/h1-32,42,52-54H. The maximum absolute atomic E-state index is 6.71. The van der Waals surface area contributed by atoms with Crippen molar-refractivity contribution in [2.45, 2.75) is 12.2 Å². The molecule has 5 heteroatoms. The van der Waals surface area contributed by atoms with Gasteiger partial charge in [0, 0.05) is 44.0 Å². The first kappa shape index (κ1) is 32.0. The maximum atomic E-state index is 6.71. The smallest absolute Gasteiger partial charge is 0.145 e. The number of fused-ring (bicyclic) bond motifs is 11. The Kier molecular flexibility index (Phi) is 7.06. The van der Waals surface area contributed by atoms with Gasteiger partial charge in [0.1, 0.15) is 17.3 Å². The minimum atomic E-state index is -0.123. The monoisotopic (exact) mass is 732 g/mol. The van der Waals surface area contributed by atoms with Crippen molar-refractivity contribution in [2.75, 3.05) is 0 Å². The van der Waals surface area contributed by atoms with Gasteiger partial charge in [-0.25, -0.2) is 0 Å². The van der Waals surface area contributed by atoms with E-state index in [0.717, 1.165) is 66.5 Å². The number of para-hydroxylation sites is 3. The molecule has 4 heterocycles. The Morgan fingerprint density at radius 3 is 1.93 bits per heavy atom. The SMILES string of the molecule is C1=C(c2ccccc2)NC(c2cccc(-n3c4ccccc4c4c3ccc3c5c6oc7ccccc7c6ccc5n(-c5ccccc5)c34)c2)NC1c1ccccc1. The zero-order chi connectivity index (χ0) is 37.5. The van der Waals surface area contributed by atoms with Gasteiger partial charge in [-0.1, -0.05) is 127 Å². The van der Waals surface area contributed by atoms with Crippen molar-refractivity contribution in [2.24, 2.45) is 0 Å². The molecule has 0 saturated heterocycles. The van der Waals surface area contributed by atoms with Crippen molar-refractivity contribution in [3.05, 3.63) is 211 Å². The first-order chi connectivity index (χ1) is 28.3. The van der Waals surface area contributed by atoms with Crippen LogP contribution in [0.15, 0.2) is 199 Å². The predicted octanol–water partition coefficient (Wildman–Crippen LogP) is 12.8. The van der Waals surface area contributed by atoms with Crippen LogP contribution in [0.4, 0.5) is 0 Å². The topological polar surface area (TPSA) is 47.1 Å². The molecule has 2 unspecified atom stereocenters. The minimum absolute atomic E-state index is 0.0379. The number of nitrogens with one attached hydrogen (secondary N) is 2. The lowest BCUT2D eigenvalue weighted by Gasteiger charge is -2.33. The molecule has 2 N–H and O–H groups in total. The summed E-state index contributed by atoms with van der Waals surface area (Å²) in [4.78, 5) is 0. The molecule has 0 amide bonds. The Balaban J connectivity index is 1.09. The van der Waals surface area contributed by atoms with Gasteiger partial charge in [0.2, 0.25) is 0 Å². The first-order valence-electron chi connectivity index (χ1n) is 19.6. The van der Waals surface area contributed by atoms with Crippen LogP contribution in [0.3, 0.4) is 0 Å². The van der Waals surface area contributed by atoms with Crippen molar-refractivity contribution in [3.8, 4) is 11.4 Å². The van der Waals surface area contributed by atoms with E-state index < -0.39 is 0 Å². The van der Waals surface area contributed by atoms with Gasteiger partial charge in [0.15, 0.2) is 0 Å². The van der Waals surface area contributed by atoms with Gasteiger partial charge in [-0.2, -0.15) is 0 Å². The average Bonchev–Trinajstić information content (AvgIpc) is 3.95. The lowest BCUT2D eigenvalue weighted by Crippen LogP contribution is -2.39. The molecule has 57 heavy (non-hydrogen) atoms. The van der Waals surface area contributed by atoms with E-state index in [4.69, 9.17) is 4.42 Å². The van der Waals surface area contributed by atoms with Crippen molar-refractivity contribution >= 4 is 71.2 Å². The normalized spacial score (nSPS) is 15.9. The summed E-state index contributed by atoms with van der Waals surface area (Å²) in [6.45, 7) is 0. The zero-order valence-electron chi connectivity index (χ0n) is 30.9. The van der Waals surface area contributed by atoms with E-state index in [1.165, 1.54) is 32.8 Å². The summed E-state index contributed by atoms with van der Waals surface area (Å²) in [5.74, 6) is 0. The maximum Gasteiger partial charge on any atom is 0.145 e. The molecular formula is C52H36N4O. The molecule has 0 spiro atoms. The third-order valence-electron chi connectivity index (χ3n) is 11.8. The van der Waals surface area contributed by atoms with Crippen LogP contribution >= 0.6 is 0 Å². The highest BCUT2D eigenvalue weighted by atomic mass is 16.3. The Hall–Kier alpha value is -7.34. The lowest BCUT2D eigenvalue weighted by atomic mass is 9.98. The molecule has 0 fully saturated rings. The van der Waals surface area contributed by atoms with Gasteiger partial charge < -0.3 is 18.9 Å². The van der Waals surface area contributed by atoms with E-state index in [2.05, 4.69) is 208 Å². The van der Waals surface area contributed by atoms with Crippen molar-refractivity contribution in [3.63, 3.8) is 0 Å². The largest absolute Gasteiger partial charge is 0.455 e. The highest BCUT2D eigenvalue weighted by Gasteiger charge is 2.26. The van der Waals surface area contributed by atoms with E-state index in [1.54, 1.807) is 0 Å². The van der Waals surface area contributed by atoms with E-state index in [1.807, 2.05) is 6.07 Å². The Morgan fingerprint density at radius 1 is 0.456 bits per heavy atom. The molecular weight excluding hydrogens is 697 g/mol. The Labute approximate surface area is 328 Å². The van der Waals surface area contributed by atoms with Gasteiger partial charge in [-0.05, 0) is 83.4 Å². The molecule has 1 aliphatic heterocycles.